The fraction of sp³-hybridized carbons (Fsp3) is 0.194. The minimum atomic E-state index is -4.12. The van der Waals surface area contributed by atoms with Crippen molar-refractivity contribution in [3.8, 4) is 41.1 Å². The topological polar surface area (TPSA) is 110 Å². The van der Waals surface area contributed by atoms with Crippen LogP contribution in [0, 0.1) is 12.3 Å². The number of hydrogen-bond acceptors (Lipinski definition) is 7. The van der Waals surface area contributed by atoms with E-state index in [0.29, 0.717) is 28.3 Å². The third-order valence-corrected chi connectivity index (χ3v) is 7.73. The predicted molar refractivity (Wildman–Crippen MR) is 162 cm³/mol. The van der Waals surface area contributed by atoms with Crippen LogP contribution in [0.25, 0.3) is 11.0 Å². The largest absolute Gasteiger partial charge is 0.493 e. The van der Waals surface area contributed by atoms with Gasteiger partial charge < -0.3 is 18.9 Å². The van der Waals surface area contributed by atoms with E-state index in [1.54, 1.807) is 56.6 Å². The summed E-state index contributed by atoms with van der Waals surface area (Å²) in [5.41, 5.74) is 1.72. The van der Waals surface area contributed by atoms with Crippen molar-refractivity contribution in [2.45, 2.75) is 11.8 Å². The Labute approximate surface area is 244 Å². The number of hydrogen-bond donors (Lipinski definition) is 1. The summed E-state index contributed by atoms with van der Waals surface area (Å²) in [6.07, 6.45) is 10.7. The Morgan fingerprint density at radius 2 is 1.64 bits per heavy atom. The first-order valence-corrected chi connectivity index (χ1v) is 14.2. The van der Waals surface area contributed by atoms with E-state index in [1.807, 2.05) is 19.1 Å². The lowest BCUT2D eigenvalue weighted by atomic mass is 10.2. The van der Waals surface area contributed by atoms with Crippen molar-refractivity contribution < 1.29 is 27.4 Å². The molecule has 3 aromatic carbocycles. The van der Waals surface area contributed by atoms with Crippen molar-refractivity contribution in [2.75, 3.05) is 25.5 Å². The Morgan fingerprint density at radius 3 is 2.31 bits per heavy atom. The van der Waals surface area contributed by atoms with Gasteiger partial charge in [-0.2, -0.15) is 0 Å². The molecule has 1 heterocycles. The highest BCUT2D eigenvalue weighted by atomic mass is 32.2. The van der Waals surface area contributed by atoms with Crippen molar-refractivity contribution in [3.63, 3.8) is 0 Å². The molecule has 4 rings (SSSR count). The van der Waals surface area contributed by atoms with Crippen molar-refractivity contribution in [1.29, 1.82) is 0 Å². The Kier molecular flexibility index (Phi) is 8.98. The quantitative estimate of drug-likeness (QED) is 0.194. The van der Waals surface area contributed by atoms with Gasteiger partial charge in [-0.25, -0.2) is 13.2 Å². The standard InChI is InChI=1S/C31H31N3O7S/c1-7-10-21(11-8-2)20-40-22-12-9-13-23(16-22)41-29-19-27-26(33(3)31(35)34(27)4)18-25(29)32-42(36,37)24-14-15-28(38-5)30(17-24)39-6/h1,8-19,32H,20H2,2-6H3/b11-8-,21-10+. The number of fused-ring (bicyclic) bond motifs is 1. The van der Waals surface area contributed by atoms with Crippen molar-refractivity contribution in [1.82, 2.24) is 9.13 Å². The lowest BCUT2D eigenvalue weighted by Gasteiger charge is -2.16. The highest BCUT2D eigenvalue weighted by molar-refractivity contribution is 7.92. The molecule has 1 N–H and O–H groups in total. The molecule has 0 unspecified atom stereocenters. The van der Waals surface area contributed by atoms with Gasteiger partial charge in [-0.05, 0) is 48.9 Å². The summed E-state index contributed by atoms with van der Waals surface area (Å²) in [7, 11) is 1.99. The third-order valence-electron chi connectivity index (χ3n) is 6.37. The summed E-state index contributed by atoms with van der Waals surface area (Å²) in [5, 5.41) is 0. The first-order valence-electron chi connectivity index (χ1n) is 12.7. The molecule has 0 fully saturated rings. The zero-order chi connectivity index (χ0) is 30.4. The molecule has 1 aromatic heterocycles. The fourth-order valence-corrected chi connectivity index (χ4v) is 5.33. The Bertz CT molecular complexity index is 1890. The molecule has 0 aliphatic carbocycles. The van der Waals surface area contributed by atoms with Gasteiger partial charge in [0.05, 0.1) is 35.8 Å². The van der Waals surface area contributed by atoms with Gasteiger partial charge in [0.15, 0.2) is 17.2 Å². The van der Waals surface area contributed by atoms with Gasteiger partial charge in [0.25, 0.3) is 10.0 Å². The van der Waals surface area contributed by atoms with Gasteiger partial charge in [-0.3, -0.25) is 13.9 Å². The number of methoxy groups -OCH3 is 2. The van der Waals surface area contributed by atoms with Crippen LogP contribution in [-0.4, -0.2) is 38.4 Å². The fourth-order valence-electron chi connectivity index (χ4n) is 4.26. The van der Waals surface area contributed by atoms with E-state index in [-0.39, 0.29) is 34.4 Å². The molecule has 218 valence electrons. The van der Waals surface area contributed by atoms with Crippen molar-refractivity contribution in [3.05, 3.63) is 88.9 Å². The minimum Gasteiger partial charge on any atom is -0.493 e. The zero-order valence-electron chi connectivity index (χ0n) is 23.9. The molecule has 0 bridgehead atoms. The maximum atomic E-state index is 13.5. The van der Waals surface area contributed by atoms with Crippen LogP contribution in [0.3, 0.4) is 0 Å². The number of sulfonamides is 1. The van der Waals surface area contributed by atoms with Crippen LogP contribution < -0.4 is 29.4 Å². The number of aryl methyl sites for hydroxylation is 2. The number of nitrogens with zero attached hydrogens (tertiary/aromatic N) is 2. The Balaban J connectivity index is 1.73. The van der Waals surface area contributed by atoms with Gasteiger partial charge in [0.1, 0.15) is 18.1 Å². The second kappa shape index (κ2) is 12.6. The molecule has 42 heavy (non-hydrogen) atoms. The summed E-state index contributed by atoms with van der Waals surface area (Å²) < 4.78 is 55.1. The van der Waals surface area contributed by atoms with Gasteiger partial charge in [-0.15, -0.1) is 6.42 Å². The summed E-state index contributed by atoms with van der Waals surface area (Å²) in [6, 6.07) is 14.3. The van der Waals surface area contributed by atoms with Crippen LogP contribution in [0.5, 0.6) is 28.7 Å². The van der Waals surface area contributed by atoms with Gasteiger partial charge in [0.2, 0.25) is 0 Å². The molecule has 11 heteroatoms. The summed E-state index contributed by atoms with van der Waals surface area (Å²) >= 11 is 0. The first-order chi connectivity index (χ1) is 20.1. The summed E-state index contributed by atoms with van der Waals surface area (Å²) in [5.74, 6) is 4.20. The van der Waals surface area contributed by atoms with Crippen molar-refractivity contribution in [2.24, 2.45) is 14.1 Å². The Hall–Kier alpha value is -5.08. The number of anilines is 1. The lowest BCUT2D eigenvalue weighted by Crippen LogP contribution is -2.19. The molecule has 10 nitrogen and oxygen atoms in total. The van der Waals surface area contributed by atoms with Gasteiger partial charge in [-0.1, -0.05) is 24.1 Å². The molecule has 0 radical (unpaired) electrons. The molecule has 0 atom stereocenters. The van der Waals surface area contributed by atoms with Gasteiger partial charge >= 0.3 is 5.69 Å². The minimum absolute atomic E-state index is 0.0551. The molecule has 4 aromatic rings. The van der Waals surface area contributed by atoms with E-state index >= 15 is 0 Å². The van der Waals surface area contributed by atoms with Crippen LogP contribution in [0.1, 0.15) is 6.92 Å². The van der Waals surface area contributed by atoms with Crippen LogP contribution in [0.2, 0.25) is 0 Å². The Morgan fingerprint density at radius 1 is 0.952 bits per heavy atom. The number of rotatable bonds is 11. The smallest absolute Gasteiger partial charge is 0.328 e. The SMILES string of the molecule is C#C/C=C(\C=C/C)COc1cccc(Oc2cc3c(cc2NS(=O)(=O)c2ccc(OC)c(OC)c2)n(C)c(=O)n3C)c1. The normalized spacial score (nSPS) is 11.9. The number of ether oxygens (including phenoxy) is 4. The first kappa shape index (κ1) is 29.9. The number of nitrogens with one attached hydrogen (secondary N) is 1. The van der Waals surface area contributed by atoms with E-state index in [1.165, 1.54) is 41.6 Å². The maximum absolute atomic E-state index is 13.5. The molecule has 0 saturated heterocycles. The highest BCUT2D eigenvalue weighted by Crippen LogP contribution is 2.37. The number of aromatic nitrogens is 2. The molecular formula is C31H31N3O7S. The van der Waals surface area contributed by atoms with Crippen LogP contribution >= 0.6 is 0 Å². The highest BCUT2D eigenvalue weighted by Gasteiger charge is 2.22. The molecule has 0 spiro atoms. The van der Waals surface area contributed by atoms with Crippen molar-refractivity contribution >= 4 is 26.7 Å². The van der Waals surface area contributed by atoms with E-state index in [4.69, 9.17) is 25.4 Å². The molecule has 0 aliphatic heterocycles. The van der Waals surface area contributed by atoms with E-state index in [9.17, 15) is 13.2 Å². The zero-order valence-corrected chi connectivity index (χ0v) is 24.7. The summed E-state index contributed by atoms with van der Waals surface area (Å²) in [6.45, 7) is 2.13. The monoisotopic (exact) mass is 589 g/mol. The maximum Gasteiger partial charge on any atom is 0.328 e. The van der Waals surface area contributed by atoms with E-state index < -0.39 is 10.0 Å². The van der Waals surface area contributed by atoms with Gasteiger partial charge in [0, 0.05) is 32.3 Å². The molecular weight excluding hydrogens is 558 g/mol. The number of benzene rings is 3. The van der Waals surface area contributed by atoms with Crippen LogP contribution in [0.15, 0.2) is 88.1 Å². The lowest BCUT2D eigenvalue weighted by molar-refractivity contribution is 0.353. The predicted octanol–water partition coefficient (Wildman–Crippen LogP) is 5.00. The molecule has 0 saturated carbocycles. The number of imidazole rings is 1. The van der Waals surface area contributed by atoms with Crippen LogP contribution in [0.4, 0.5) is 5.69 Å². The average molecular weight is 590 g/mol. The molecule has 0 amide bonds. The number of allylic oxidation sites excluding steroid dienone is 2. The third kappa shape index (κ3) is 6.29. The summed E-state index contributed by atoms with van der Waals surface area (Å²) in [4.78, 5) is 12.6. The number of terminal acetylenes is 1. The average Bonchev–Trinajstić information content (AvgIpc) is 3.18. The second-order valence-corrected chi connectivity index (χ2v) is 10.8. The van der Waals surface area contributed by atoms with E-state index in [0.717, 1.165) is 5.57 Å². The second-order valence-electron chi connectivity index (χ2n) is 9.11. The van der Waals surface area contributed by atoms with Crippen LogP contribution in [-0.2, 0) is 24.1 Å². The van der Waals surface area contributed by atoms with E-state index in [2.05, 4.69) is 10.6 Å². The molecule has 0 aliphatic rings.